The van der Waals surface area contributed by atoms with Gasteiger partial charge in [0.05, 0.1) is 6.04 Å². The van der Waals surface area contributed by atoms with Gasteiger partial charge in [-0.2, -0.15) is 0 Å². The predicted octanol–water partition coefficient (Wildman–Crippen LogP) is 2.57. The molecule has 2 amide bonds. The molecule has 5 nitrogen and oxygen atoms in total. The van der Waals surface area contributed by atoms with Gasteiger partial charge in [0.25, 0.3) is 5.91 Å². The SMILES string of the molecule is NC(=O)C1CCC(C(=O)N2CCCCCC2/C=C/c2cccs2)O1. The average molecular weight is 348 g/mol. The number of primary amides is 1. The van der Waals surface area contributed by atoms with Gasteiger partial charge in [0.15, 0.2) is 0 Å². The monoisotopic (exact) mass is 348 g/mol. The zero-order chi connectivity index (χ0) is 16.9. The molecule has 1 aromatic heterocycles. The van der Waals surface area contributed by atoms with Gasteiger partial charge in [-0.05, 0) is 43.2 Å². The molecule has 24 heavy (non-hydrogen) atoms. The first-order valence-corrected chi connectivity index (χ1v) is 9.50. The van der Waals surface area contributed by atoms with E-state index in [1.807, 2.05) is 16.3 Å². The fourth-order valence-corrected chi connectivity index (χ4v) is 4.04. The molecule has 2 N–H and O–H groups in total. The third-order valence-electron chi connectivity index (χ3n) is 4.72. The molecule has 2 aliphatic heterocycles. The van der Waals surface area contributed by atoms with Gasteiger partial charge < -0.3 is 15.4 Å². The average Bonchev–Trinajstić information content (AvgIpc) is 3.21. The van der Waals surface area contributed by atoms with E-state index in [1.165, 1.54) is 4.88 Å². The maximum absolute atomic E-state index is 12.9. The second kappa shape index (κ2) is 7.94. The molecule has 0 saturated carbocycles. The van der Waals surface area contributed by atoms with Crippen molar-refractivity contribution in [3.63, 3.8) is 0 Å². The summed E-state index contributed by atoms with van der Waals surface area (Å²) in [7, 11) is 0. The minimum atomic E-state index is -0.619. The minimum absolute atomic E-state index is 0.00137. The number of nitrogens with zero attached hydrogens (tertiary/aromatic N) is 1. The summed E-state index contributed by atoms with van der Waals surface area (Å²) in [4.78, 5) is 27.3. The number of likely N-dealkylation sites (tertiary alicyclic amines) is 1. The number of rotatable bonds is 4. The first-order chi connectivity index (χ1) is 11.6. The van der Waals surface area contributed by atoms with Gasteiger partial charge in [-0.1, -0.05) is 25.0 Å². The van der Waals surface area contributed by atoms with Crippen molar-refractivity contribution < 1.29 is 14.3 Å². The molecule has 3 atom stereocenters. The highest BCUT2D eigenvalue weighted by Gasteiger charge is 2.37. The lowest BCUT2D eigenvalue weighted by atomic mass is 10.1. The fraction of sp³-hybridized carbons (Fsp3) is 0.556. The Morgan fingerprint density at radius 2 is 2.04 bits per heavy atom. The highest BCUT2D eigenvalue weighted by molar-refractivity contribution is 7.10. The maximum Gasteiger partial charge on any atom is 0.252 e. The highest BCUT2D eigenvalue weighted by atomic mass is 32.1. The van der Waals surface area contributed by atoms with Gasteiger partial charge >= 0.3 is 0 Å². The molecule has 2 saturated heterocycles. The summed E-state index contributed by atoms with van der Waals surface area (Å²) in [5, 5.41) is 2.05. The number of carbonyl (C=O) groups excluding carboxylic acids is 2. The quantitative estimate of drug-likeness (QED) is 0.909. The Morgan fingerprint density at radius 3 is 2.75 bits per heavy atom. The molecule has 0 aromatic carbocycles. The van der Waals surface area contributed by atoms with E-state index in [-0.39, 0.29) is 11.9 Å². The molecule has 0 bridgehead atoms. The van der Waals surface area contributed by atoms with Crippen LogP contribution in [0.15, 0.2) is 23.6 Å². The largest absolute Gasteiger partial charge is 0.367 e. The van der Waals surface area contributed by atoms with E-state index < -0.39 is 18.1 Å². The van der Waals surface area contributed by atoms with Gasteiger partial charge in [-0.25, -0.2) is 0 Å². The van der Waals surface area contributed by atoms with Gasteiger partial charge in [0.1, 0.15) is 12.2 Å². The number of hydrogen-bond acceptors (Lipinski definition) is 4. The van der Waals surface area contributed by atoms with E-state index in [0.29, 0.717) is 12.8 Å². The van der Waals surface area contributed by atoms with Crippen molar-refractivity contribution in [3.05, 3.63) is 28.5 Å². The van der Waals surface area contributed by atoms with E-state index in [9.17, 15) is 9.59 Å². The minimum Gasteiger partial charge on any atom is -0.367 e. The predicted molar refractivity (Wildman–Crippen MR) is 94.4 cm³/mol. The number of nitrogens with two attached hydrogens (primary N) is 1. The van der Waals surface area contributed by atoms with Crippen molar-refractivity contribution in [1.82, 2.24) is 4.90 Å². The van der Waals surface area contributed by atoms with Crippen LogP contribution < -0.4 is 5.73 Å². The van der Waals surface area contributed by atoms with Crippen LogP contribution in [0, 0.1) is 0 Å². The summed E-state index contributed by atoms with van der Waals surface area (Å²) < 4.78 is 5.59. The molecule has 0 aliphatic carbocycles. The molecule has 2 aliphatic rings. The van der Waals surface area contributed by atoms with Crippen LogP contribution in [0.2, 0.25) is 0 Å². The maximum atomic E-state index is 12.9. The van der Waals surface area contributed by atoms with Gasteiger partial charge in [0.2, 0.25) is 5.91 Å². The van der Waals surface area contributed by atoms with Crippen LogP contribution in [0.1, 0.15) is 43.4 Å². The highest BCUT2D eigenvalue weighted by Crippen LogP contribution is 2.26. The first kappa shape index (κ1) is 17.2. The van der Waals surface area contributed by atoms with Crippen LogP contribution >= 0.6 is 11.3 Å². The van der Waals surface area contributed by atoms with Crippen molar-refractivity contribution in [1.29, 1.82) is 0 Å². The summed E-state index contributed by atoms with van der Waals surface area (Å²) >= 11 is 1.69. The number of amides is 2. The summed E-state index contributed by atoms with van der Waals surface area (Å²) in [5.74, 6) is -0.475. The van der Waals surface area contributed by atoms with Crippen molar-refractivity contribution >= 4 is 29.2 Å². The Bertz CT molecular complexity index is 599. The van der Waals surface area contributed by atoms with Crippen molar-refractivity contribution in [3.8, 4) is 0 Å². The zero-order valence-electron chi connectivity index (χ0n) is 13.7. The lowest BCUT2D eigenvalue weighted by molar-refractivity contribution is -0.146. The third kappa shape index (κ3) is 4.05. The van der Waals surface area contributed by atoms with E-state index >= 15 is 0 Å². The molecule has 3 unspecified atom stereocenters. The van der Waals surface area contributed by atoms with Crippen LogP contribution in [0.3, 0.4) is 0 Å². The van der Waals surface area contributed by atoms with Crippen LogP contribution in [0.4, 0.5) is 0 Å². The molecule has 3 rings (SSSR count). The van der Waals surface area contributed by atoms with Crippen molar-refractivity contribution in [2.45, 2.75) is 56.8 Å². The Balaban J connectivity index is 1.70. The summed E-state index contributed by atoms with van der Waals surface area (Å²) in [5.41, 5.74) is 5.29. The van der Waals surface area contributed by atoms with Crippen LogP contribution in [-0.2, 0) is 14.3 Å². The van der Waals surface area contributed by atoms with Crippen molar-refractivity contribution in [2.75, 3.05) is 6.54 Å². The summed E-state index contributed by atoms with van der Waals surface area (Å²) in [6, 6.07) is 4.19. The first-order valence-electron chi connectivity index (χ1n) is 8.62. The van der Waals surface area contributed by atoms with Crippen LogP contribution in [-0.4, -0.2) is 41.5 Å². The second-order valence-corrected chi connectivity index (χ2v) is 7.40. The lowest BCUT2D eigenvalue weighted by Crippen LogP contribution is -2.45. The van der Waals surface area contributed by atoms with Gasteiger partial charge in [-0.3, -0.25) is 9.59 Å². The molecule has 0 spiro atoms. The Morgan fingerprint density at radius 1 is 1.21 bits per heavy atom. The van der Waals surface area contributed by atoms with E-state index in [2.05, 4.69) is 18.2 Å². The molecule has 130 valence electrons. The van der Waals surface area contributed by atoms with Crippen LogP contribution in [0.5, 0.6) is 0 Å². The summed E-state index contributed by atoms with van der Waals surface area (Å²) in [6.07, 6.45) is 8.45. The molecule has 3 heterocycles. The van der Waals surface area contributed by atoms with E-state index in [0.717, 1.165) is 32.2 Å². The Kier molecular flexibility index (Phi) is 5.68. The normalized spacial score (nSPS) is 28.2. The number of hydrogen-bond donors (Lipinski definition) is 1. The van der Waals surface area contributed by atoms with Crippen LogP contribution in [0.25, 0.3) is 6.08 Å². The fourth-order valence-electron chi connectivity index (χ4n) is 3.41. The lowest BCUT2D eigenvalue weighted by Gasteiger charge is -2.30. The molecule has 0 radical (unpaired) electrons. The number of ether oxygens (including phenoxy) is 1. The Labute approximate surface area is 146 Å². The van der Waals surface area contributed by atoms with E-state index in [4.69, 9.17) is 10.5 Å². The molecule has 1 aromatic rings. The summed E-state index contributed by atoms with van der Waals surface area (Å²) in [6.45, 7) is 0.749. The third-order valence-corrected chi connectivity index (χ3v) is 5.56. The topological polar surface area (TPSA) is 72.6 Å². The molecule has 6 heteroatoms. The van der Waals surface area contributed by atoms with Crippen molar-refractivity contribution in [2.24, 2.45) is 5.73 Å². The molecule has 2 fully saturated rings. The smallest absolute Gasteiger partial charge is 0.252 e. The van der Waals surface area contributed by atoms with Gasteiger partial charge in [-0.15, -0.1) is 11.3 Å². The van der Waals surface area contributed by atoms with E-state index in [1.54, 1.807) is 11.3 Å². The van der Waals surface area contributed by atoms with Gasteiger partial charge in [0, 0.05) is 11.4 Å². The molecular weight excluding hydrogens is 324 g/mol. The Hall–Kier alpha value is -1.66. The number of thiophene rings is 1. The second-order valence-electron chi connectivity index (χ2n) is 6.42. The standard InChI is InChI=1S/C18H24N2O3S/c19-17(21)15-9-10-16(23-15)18(22)20-11-3-1-2-5-13(20)7-8-14-6-4-12-24-14/h4,6-8,12-13,15-16H,1-3,5,9-11H2,(H2,19,21)/b8-7+. The zero-order valence-corrected chi connectivity index (χ0v) is 14.5. The number of carbonyl (C=O) groups is 2. The molecular formula is C18H24N2O3S.